The maximum Gasteiger partial charge on any atom is 0.221 e. The number of nitrogens with one attached hydrogen (secondary N) is 2. The molecule has 6 nitrogen and oxygen atoms in total. The van der Waals surface area contributed by atoms with E-state index in [1.165, 1.54) is 0 Å². The van der Waals surface area contributed by atoms with Gasteiger partial charge in [-0.25, -0.2) is 9.97 Å². The fraction of sp³-hybridized carbons (Fsp3) is 0.615. The van der Waals surface area contributed by atoms with Crippen molar-refractivity contribution in [3.63, 3.8) is 0 Å². The number of hydrogen-bond acceptors (Lipinski definition) is 5. The van der Waals surface area contributed by atoms with E-state index in [1.807, 2.05) is 27.7 Å². The number of anilines is 2. The van der Waals surface area contributed by atoms with Gasteiger partial charge in [0.15, 0.2) is 0 Å². The highest BCUT2D eigenvalue weighted by Crippen LogP contribution is 2.24. The molecule has 1 heterocycles. The predicted molar refractivity (Wildman–Crippen MR) is 77.1 cm³/mol. The molecule has 0 bridgehead atoms. The summed E-state index contributed by atoms with van der Waals surface area (Å²) >= 11 is 0. The van der Waals surface area contributed by atoms with Gasteiger partial charge in [0, 0.05) is 31.0 Å². The maximum absolute atomic E-state index is 11.2. The zero-order valence-corrected chi connectivity index (χ0v) is 12.3. The largest absolute Gasteiger partial charge is 0.383 e. The van der Waals surface area contributed by atoms with Crippen LogP contribution in [0.2, 0.25) is 0 Å². The number of nitrogens with zero attached hydrogens (tertiary/aromatic N) is 2. The number of hydrogen-bond donors (Lipinski definition) is 3. The number of aromatic nitrogens is 2. The van der Waals surface area contributed by atoms with Gasteiger partial charge in [0.25, 0.3) is 0 Å². The summed E-state index contributed by atoms with van der Waals surface area (Å²) in [6.45, 7) is 8.48. The monoisotopic (exact) mass is 265 g/mol. The van der Waals surface area contributed by atoms with Gasteiger partial charge in [-0.3, -0.25) is 4.79 Å². The molecule has 1 aromatic rings. The van der Waals surface area contributed by atoms with Crippen molar-refractivity contribution in [1.29, 1.82) is 0 Å². The highest BCUT2D eigenvalue weighted by Gasteiger charge is 2.20. The van der Waals surface area contributed by atoms with Crippen molar-refractivity contribution in [1.82, 2.24) is 15.3 Å². The van der Waals surface area contributed by atoms with E-state index in [9.17, 15) is 4.79 Å². The molecule has 19 heavy (non-hydrogen) atoms. The molecule has 106 valence electrons. The summed E-state index contributed by atoms with van der Waals surface area (Å²) in [6.07, 6.45) is 0.394. The molecule has 0 saturated carbocycles. The molecule has 0 saturated heterocycles. The van der Waals surface area contributed by atoms with Crippen molar-refractivity contribution < 1.29 is 4.79 Å². The van der Waals surface area contributed by atoms with Gasteiger partial charge in [-0.2, -0.15) is 0 Å². The van der Waals surface area contributed by atoms with E-state index in [2.05, 4.69) is 20.6 Å². The summed E-state index contributed by atoms with van der Waals surface area (Å²) in [6, 6.07) is 0. The Bertz CT molecular complexity index is 465. The standard InChI is InChI=1S/C13H23N5O/c1-8-10(14)17-12(13(2,3)4)18-11(8)16-7-6-9(19)15-5/h6-7H2,1-5H3,(H,15,19)(H3,14,16,17,18). The molecule has 0 atom stereocenters. The Balaban J connectivity index is 2.88. The van der Waals surface area contributed by atoms with Crippen molar-refractivity contribution >= 4 is 17.5 Å². The van der Waals surface area contributed by atoms with Crippen LogP contribution in [0.4, 0.5) is 11.6 Å². The van der Waals surface area contributed by atoms with Gasteiger partial charge in [0.2, 0.25) is 5.91 Å². The predicted octanol–water partition coefficient (Wildman–Crippen LogP) is 1.21. The zero-order valence-electron chi connectivity index (χ0n) is 12.3. The second-order valence-corrected chi connectivity index (χ2v) is 5.51. The average Bonchev–Trinajstić information content (AvgIpc) is 2.32. The quantitative estimate of drug-likeness (QED) is 0.761. The van der Waals surface area contributed by atoms with Crippen molar-refractivity contribution in [3.8, 4) is 0 Å². The van der Waals surface area contributed by atoms with Crippen LogP contribution in [-0.4, -0.2) is 29.5 Å². The number of carbonyl (C=O) groups excluding carboxylic acids is 1. The third-order valence-corrected chi connectivity index (χ3v) is 2.78. The van der Waals surface area contributed by atoms with E-state index in [1.54, 1.807) is 7.05 Å². The van der Waals surface area contributed by atoms with E-state index >= 15 is 0 Å². The van der Waals surface area contributed by atoms with Crippen LogP contribution >= 0.6 is 0 Å². The van der Waals surface area contributed by atoms with E-state index in [0.29, 0.717) is 30.4 Å². The first-order valence-corrected chi connectivity index (χ1v) is 6.34. The lowest BCUT2D eigenvalue weighted by Gasteiger charge is -2.19. The molecule has 0 aliphatic heterocycles. The Hall–Kier alpha value is -1.85. The van der Waals surface area contributed by atoms with Crippen LogP contribution in [-0.2, 0) is 10.2 Å². The van der Waals surface area contributed by atoms with Gasteiger partial charge in [-0.1, -0.05) is 20.8 Å². The van der Waals surface area contributed by atoms with Gasteiger partial charge in [0.1, 0.15) is 17.5 Å². The molecule has 6 heteroatoms. The Morgan fingerprint density at radius 1 is 1.32 bits per heavy atom. The van der Waals surface area contributed by atoms with Crippen LogP contribution in [0.1, 0.15) is 38.6 Å². The molecular weight excluding hydrogens is 242 g/mol. The minimum atomic E-state index is -0.168. The summed E-state index contributed by atoms with van der Waals surface area (Å²) in [5.41, 5.74) is 6.55. The zero-order chi connectivity index (χ0) is 14.6. The second kappa shape index (κ2) is 5.86. The first-order chi connectivity index (χ1) is 8.75. The molecule has 0 aliphatic carbocycles. The molecule has 0 fully saturated rings. The molecule has 1 rings (SSSR count). The molecular formula is C13H23N5O. The van der Waals surface area contributed by atoms with Crippen molar-refractivity contribution in [2.75, 3.05) is 24.6 Å². The van der Waals surface area contributed by atoms with Gasteiger partial charge < -0.3 is 16.4 Å². The fourth-order valence-electron chi connectivity index (χ4n) is 1.46. The van der Waals surface area contributed by atoms with Crippen LogP contribution in [0.15, 0.2) is 0 Å². The van der Waals surface area contributed by atoms with E-state index in [-0.39, 0.29) is 11.3 Å². The van der Waals surface area contributed by atoms with Crippen LogP contribution in [0.25, 0.3) is 0 Å². The van der Waals surface area contributed by atoms with E-state index < -0.39 is 0 Å². The molecule has 1 aromatic heterocycles. The van der Waals surface area contributed by atoms with Gasteiger partial charge >= 0.3 is 0 Å². The maximum atomic E-state index is 11.2. The molecule has 0 aromatic carbocycles. The summed E-state index contributed by atoms with van der Waals surface area (Å²) in [7, 11) is 1.62. The molecule has 0 aliphatic rings. The lowest BCUT2D eigenvalue weighted by atomic mass is 9.95. The molecule has 0 spiro atoms. The Morgan fingerprint density at radius 3 is 2.47 bits per heavy atom. The van der Waals surface area contributed by atoms with Crippen LogP contribution in [0, 0.1) is 6.92 Å². The number of nitrogens with two attached hydrogens (primary N) is 1. The third kappa shape index (κ3) is 4.08. The van der Waals surface area contributed by atoms with Gasteiger partial charge in [-0.15, -0.1) is 0 Å². The fourth-order valence-corrected chi connectivity index (χ4v) is 1.46. The Morgan fingerprint density at radius 2 is 1.95 bits per heavy atom. The highest BCUT2D eigenvalue weighted by molar-refractivity contribution is 5.76. The third-order valence-electron chi connectivity index (χ3n) is 2.78. The second-order valence-electron chi connectivity index (χ2n) is 5.51. The molecule has 4 N–H and O–H groups in total. The lowest BCUT2D eigenvalue weighted by Crippen LogP contribution is -2.23. The molecule has 0 radical (unpaired) electrons. The summed E-state index contributed by atoms with van der Waals surface area (Å²) < 4.78 is 0. The number of carbonyl (C=O) groups is 1. The summed E-state index contributed by atoms with van der Waals surface area (Å²) in [5, 5.41) is 5.72. The minimum absolute atomic E-state index is 0.0109. The topological polar surface area (TPSA) is 92.9 Å². The van der Waals surface area contributed by atoms with Crippen molar-refractivity contribution in [2.24, 2.45) is 0 Å². The number of rotatable bonds is 4. The summed E-state index contributed by atoms with van der Waals surface area (Å²) in [5.74, 6) is 1.85. The lowest BCUT2D eigenvalue weighted by molar-refractivity contribution is -0.120. The van der Waals surface area contributed by atoms with Crippen LogP contribution < -0.4 is 16.4 Å². The van der Waals surface area contributed by atoms with E-state index in [4.69, 9.17) is 5.73 Å². The van der Waals surface area contributed by atoms with Crippen molar-refractivity contribution in [2.45, 2.75) is 39.5 Å². The normalized spacial score (nSPS) is 11.2. The molecule has 0 unspecified atom stereocenters. The van der Waals surface area contributed by atoms with Gasteiger partial charge in [0.05, 0.1) is 0 Å². The Kier molecular flexibility index (Phi) is 4.69. The van der Waals surface area contributed by atoms with Gasteiger partial charge in [-0.05, 0) is 6.92 Å². The van der Waals surface area contributed by atoms with Crippen molar-refractivity contribution in [3.05, 3.63) is 11.4 Å². The smallest absolute Gasteiger partial charge is 0.221 e. The van der Waals surface area contributed by atoms with Crippen LogP contribution in [0.5, 0.6) is 0 Å². The Labute approximate surface area is 114 Å². The first kappa shape index (κ1) is 15.2. The van der Waals surface area contributed by atoms with Crippen LogP contribution in [0.3, 0.4) is 0 Å². The number of nitrogen functional groups attached to an aromatic ring is 1. The molecule has 1 amide bonds. The first-order valence-electron chi connectivity index (χ1n) is 6.34. The number of amides is 1. The SMILES string of the molecule is CNC(=O)CCNc1nc(C(C)(C)C)nc(N)c1C. The minimum Gasteiger partial charge on any atom is -0.383 e. The average molecular weight is 265 g/mol. The summed E-state index contributed by atoms with van der Waals surface area (Å²) in [4.78, 5) is 20.0. The van der Waals surface area contributed by atoms with E-state index in [0.717, 1.165) is 5.56 Å². The highest BCUT2D eigenvalue weighted by atomic mass is 16.1.